The van der Waals surface area contributed by atoms with E-state index in [4.69, 9.17) is 4.42 Å². The molecule has 0 aromatic carbocycles. The summed E-state index contributed by atoms with van der Waals surface area (Å²) in [5.74, 6) is 0.759. The number of likely N-dealkylation sites (tertiary alicyclic amines) is 1. The molecular formula is C14H25N3O3. The average Bonchev–Trinajstić information content (AvgIpc) is 2.73. The second kappa shape index (κ2) is 7.04. The van der Waals surface area contributed by atoms with Gasteiger partial charge in [0.25, 0.3) is 0 Å². The molecule has 0 bridgehead atoms. The topological polar surface area (TPSA) is 71.5 Å². The van der Waals surface area contributed by atoms with Gasteiger partial charge in [0.2, 0.25) is 5.89 Å². The molecule has 0 spiro atoms. The second-order valence-corrected chi connectivity index (χ2v) is 5.83. The molecule has 0 radical (unpaired) electrons. The molecule has 0 aliphatic carbocycles. The maximum Gasteiger partial charge on any atom is 0.437 e. The molecule has 1 unspecified atom stereocenters. The smallest absolute Gasteiger partial charge is 0.392 e. The fourth-order valence-electron chi connectivity index (χ4n) is 2.58. The minimum Gasteiger partial charge on any atom is -0.392 e. The van der Waals surface area contributed by atoms with Gasteiger partial charge in [0.1, 0.15) is 0 Å². The van der Waals surface area contributed by atoms with Crippen LogP contribution in [0.5, 0.6) is 0 Å². The number of rotatable bonds is 6. The highest BCUT2D eigenvalue weighted by Gasteiger charge is 2.19. The lowest BCUT2D eigenvalue weighted by Gasteiger charge is -2.31. The maximum absolute atomic E-state index is 11.6. The van der Waals surface area contributed by atoms with E-state index in [9.17, 15) is 9.90 Å². The zero-order valence-electron chi connectivity index (χ0n) is 12.4. The van der Waals surface area contributed by atoms with Crippen LogP contribution in [-0.2, 0) is 13.0 Å². The molecule has 1 N–H and O–H groups in total. The molecule has 2 rings (SSSR count). The van der Waals surface area contributed by atoms with Gasteiger partial charge >= 0.3 is 5.76 Å². The predicted octanol–water partition coefficient (Wildman–Crippen LogP) is 0.882. The molecule has 1 atom stereocenters. The lowest BCUT2D eigenvalue weighted by atomic mass is 9.99. The van der Waals surface area contributed by atoms with E-state index in [0.717, 1.165) is 25.4 Å². The van der Waals surface area contributed by atoms with Crippen molar-refractivity contribution >= 4 is 0 Å². The van der Waals surface area contributed by atoms with E-state index in [-0.39, 0.29) is 6.54 Å². The number of β-amino-alcohol motifs (C(OH)–C–C–N with tert-alkyl or cyclic N) is 1. The van der Waals surface area contributed by atoms with E-state index in [2.05, 4.69) is 16.9 Å². The van der Waals surface area contributed by atoms with Crippen molar-refractivity contribution in [2.24, 2.45) is 5.92 Å². The lowest BCUT2D eigenvalue weighted by Crippen LogP contribution is -2.40. The molecular weight excluding hydrogens is 258 g/mol. The van der Waals surface area contributed by atoms with Gasteiger partial charge in [0, 0.05) is 13.0 Å². The largest absolute Gasteiger partial charge is 0.437 e. The van der Waals surface area contributed by atoms with Crippen molar-refractivity contribution in [2.45, 2.75) is 52.2 Å². The quantitative estimate of drug-likeness (QED) is 0.839. The molecule has 1 aromatic heterocycles. The molecule has 114 valence electrons. The van der Waals surface area contributed by atoms with Crippen molar-refractivity contribution in [3.63, 3.8) is 0 Å². The summed E-state index contributed by atoms with van der Waals surface area (Å²) in [6.45, 7) is 7.11. The number of aryl methyl sites for hydroxylation is 1. The third-order valence-electron chi connectivity index (χ3n) is 3.84. The summed E-state index contributed by atoms with van der Waals surface area (Å²) < 4.78 is 6.27. The van der Waals surface area contributed by atoms with Gasteiger partial charge in [-0.15, -0.1) is 5.10 Å². The van der Waals surface area contributed by atoms with Gasteiger partial charge in [0.15, 0.2) is 0 Å². The Labute approximate surface area is 119 Å². The van der Waals surface area contributed by atoms with Crippen LogP contribution in [0.2, 0.25) is 0 Å². The summed E-state index contributed by atoms with van der Waals surface area (Å²) in [4.78, 5) is 13.8. The zero-order chi connectivity index (χ0) is 14.5. The molecule has 2 heterocycles. The van der Waals surface area contributed by atoms with Crippen LogP contribution >= 0.6 is 0 Å². The minimum absolute atomic E-state index is 0.206. The lowest BCUT2D eigenvalue weighted by molar-refractivity contribution is 0.0763. The number of hydrogen-bond acceptors (Lipinski definition) is 5. The molecule has 0 amide bonds. The predicted molar refractivity (Wildman–Crippen MR) is 75.6 cm³/mol. The first-order valence-electron chi connectivity index (χ1n) is 7.55. The first kappa shape index (κ1) is 15.3. The van der Waals surface area contributed by atoms with E-state index in [1.54, 1.807) is 0 Å². The third kappa shape index (κ3) is 4.18. The fourth-order valence-corrected chi connectivity index (χ4v) is 2.58. The summed E-state index contributed by atoms with van der Waals surface area (Å²) >= 11 is 0. The van der Waals surface area contributed by atoms with Crippen molar-refractivity contribution in [2.75, 3.05) is 19.6 Å². The van der Waals surface area contributed by atoms with Crippen molar-refractivity contribution in [1.29, 1.82) is 0 Å². The Morgan fingerprint density at radius 2 is 2.10 bits per heavy atom. The Hall–Kier alpha value is -1.14. The summed E-state index contributed by atoms with van der Waals surface area (Å²) in [5, 5.41) is 14.2. The Morgan fingerprint density at radius 1 is 1.40 bits per heavy atom. The monoisotopic (exact) mass is 283 g/mol. The Morgan fingerprint density at radius 3 is 2.75 bits per heavy atom. The number of piperidine rings is 1. The molecule has 0 saturated carbocycles. The molecule has 1 fully saturated rings. The molecule has 6 nitrogen and oxygen atoms in total. The van der Waals surface area contributed by atoms with Crippen LogP contribution in [0.4, 0.5) is 0 Å². The van der Waals surface area contributed by atoms with E-state index in [1.165, 1.54) is 17.5 Å². The Bertz CT molecular complexity index is 460. The van der Waals surface area contributed by atoms with Crippen molar-refractivity contribution in [1.82, 2.24) is 14.7 Å². The van der Waals surface area contributed by atoms with Crippen molar-refractivity contribution in [3.8, 4) is 0 Å². The second-order valence-electron chi connectivity index (χ2n) is 5.83. The fraction of sp³-hybridized carbons (Fsp3) is 0.857. The molecule has 1 aromatic rings. The summed E-state index contributed by atoms with van der Waals surface area (Å²) in [6, 6.07) is 0. The molecule has 1 aliphatic heterocycles. The molecule has 1 aliphatic rings. The van der Waals surface area contributed by atoms with Crippen LogP contribution < -0.4 is 5.76 Å². The average molecular weight is 283 g/mol. The van der Waals surface area contributed by atoms with Gasteiger partial charge in [-0.25, -0.2) is 4.79 Å². The van der Waals surface area contributed by atoms with Gasteiger partial charge in [0.05, 0.1) is 12.6 Å². The number of nitrogens with zero attached hydrogens (tertiary/aromatic N) is 3. The Kier molecular flexibility index (Phi) is 5.37. The first-order valence-corrected chi connectivity index (χ1v) is 7.55. The van der Waals surface area contributed by atoms with E-state index in [0.29, 0.717) is 18.9 Å². The molecule has 1 saturated heterocycles. The van der Waals surface area contributed by atoms with E-state index >= 15 is 0 Å². The van der Waals surface area contributed by atoms with Crippen LogP contribution in [0.15, 0.2) is 9.21 Å². The molecule has 6 heteroatoms. The summed E-state index contributed by atoms with van der Waals surface area (Å²) in [6.07, 6.45) is 3.31. The zero-order valence-corrected chi connectivity index (χ0v) is 12.4. The van der Waals surface area contributed by atoms with Gasteiger partial charge in [-0.1, -0.05) is 13.8 Å². The normalized spacial score (nSPS) is 19.4. The Balaban J connectivity index is 1.84. The van der Waals surface area contributed by atoms with Crippen molar-refractivity contribution in [3.05, 3.63) is 16.4 Å². The highest BCUT2D eigenvalue weighted by atomic mass is 16.4. The SMILES string of the molecule is CCCc1nn(CC(O)CN2CCC(C)CC2)c(=O)o1. The summed E-state index contributed by atoms with van der Waals surface area (Å²) in [7, 11) is 0. The van der Waals surface area contributed by atoms with Crippen LogP contribution in [0.25, 0.3) is 0 Å². The highest BCUT2D eigenvalue weighted by Crippen LogP contribution is 2.16. The minimum atomic E-state index is -0.583. The van der Waals surface area contributed by atoms with Crippen LogP contribution in [0.3, 0.4) is 0 Å². The maximum atomic E-state index is 11.6. The van der Waals surface area contributed by atoms with Gasteiger partial charge in [-0.05, 0) is 38.3 Å². The van der Waals surface area contributed by atoms with E-state index < -0.39 is 11.9 Å². The molecule has 20 heavy (non-hydrogen) atoms. The highest BCUT2D eigenvalue weighted by molar-refractivity contribution is 4.77. The van der Waals surface area contributed by atoms with Gasteiger partial charge in [-0.2, -0.15) is 4.68 Å². The van der Waals surface area contributed by atoms with Crippen LogP contribution in [0, 0.1) is 5.92 Å². The summed E-state index contributed by atoms with van der Waals surface area (Å²) in [5.41, 5.74) is 0. The number of aliphatic hydroxyl groups excluding tert-OH is 1. The van der Waals surface area contributed by atoms with Crippen LogP contribution in [0.1, 0.15) is 39.0 Å². The van der Waals surface area contributed by atoms with E-state index in [1.807, 2.05) is 6.92 Å². The first-order chi connectivity index (χ1) is 9.58. The van der Waals surface area contributed by atoms with Crippen LogP contribution in [-0.4, -0.2) is 45.5 Å². The van der Waals surface area contributed by atoms with Gasteiger partial charge < -0.3 is 14.4 Å². The third-order valence-corrected chi connectivity index (χ3v) is 3.84. The van der Waals surface area contributed by atoms with Crippen molar-refractivity contribution < 1.29 is 9.52 Å². The number of aromatic nitrogens is 2. The van der Waals surface area contributed by atoms with Gasteiger partial charge in [-0.3, -0.25) is 0 Å². The number of aliphatic hydroxyl groups is 1. The standard InChI is InChI=1S/C14H25N3O3/c1-3-4-13-15-17(14(19)20-13)10-12(18)9-16-7-5-11(2)6-8-16/h11-12,18H,3-10H2,1-2H3. The number of hydrogen-bond donors (Lipinski definition) is 1.